The van der Waals surface area contributed by atoms with Gasteiger partial charge in [0.15, 0.2) is 0 Å². The van der Waals surface area contributed by atoms with E-state index in [2.05, 4.69) is 0 Å². The highest BCUT2D eigenvalue weighted by molar-refractivity contribution is 5.99. The van der Waals surface area contributed by atoms with Crippen LogP contribution in [-0.2, 0) is 19.1 Å². The number of likely N-dealkylation sites (tertiary alicyclic amines) is 1. The molecule has 1 amide bonds. The van der Waals surface area contributed by atoms with Crippen LogP contribution in [0.4, 0.5) is 0 Å². The van der Waals surface area contributed by atoms with Gasteiger partial charge in [0.1, 0.15) is 11.8 Å². The van der Waals surface area contributed by atoms with Crippen LogP contribution >= 0.6 is 0 Å². The van der Waals surface area contributed by atoms with Crippen molar-refractivity contribution in [2.45, 2.75) is 52.0 Å². The Bertz CT molecular complexity index is 327. The number of carbonyl (C=O) groups is 3. The SMILES string of the molecule is CCOC(=O)C1CCCCN1C(=O)CC(=O)CC. The summed E-state index contributed by atoms with van der Waals surface area (Å²) in [5, 5.41) is 0. The molecule has 0 N–H and O–H groups in total. The van der Waals surface area contributed by atoms with Crippen molar-refractivity contribution in [3.63, 3.8) is 0 Å². The summed E-state index contributed by atoms with van der Waals surface area (Å²) in [4.78, 5) is 36.6. The first-order valence-electron chi connectivity index (χ1n) is 6.58. The molecule has 1 rings (SSSR count). The summed E-state index contributed by atoms with van der Waals surface area (Å²) < 4.78 is 4.98. The first kappa shape index (κ1) is 14.7. The number of ether oxygens (including phenoxy) is 1. The molecule has 5 nitrogen and oxygen atoms in total. The minimum Gasteiger partial charge on any atom is -0.464 e. The molecule has 0 aromatic carbocycles. The van der Waals surface area contributed by atoms with E-state index < -0.39 is 6.04 Å². The molecule has 0 aliphatic carbocycles. The molecule has 18 heavy (non-hydrogen) atoms. The number of hydrogen-bond acceptors (Lipinski definition) is 4. The molecule has 0 saturated carbocycles. The molecular weight excluding hydrogens is 234 g/mol. The van der Waals surface area contributed by atoms with E-state index in [1.165, 1.54) is 4.90 Å². The van der Waals surface area contributed by atoms with Crippen molar-refractivity contribution < 1.29 is 19.1 Å². The predicted octanol–water partition coefficient (Wildman–Crippen LogP) is 1.30. The van der Waals surface area contributed by atoms with Crippen molar-refractivity contribution in [3.05, 3.63) is 0 Å². The minimum absolute atomic E-state index is 0.0896. The molecule has 1 saturated heterocycles. The Morgan fingerprint density at radius 2 is 1.94 bits per heavy atom. The molecule has 0 bridgehead atoms. The summed E-state index contributed by atoms with van der Waals surface area (Å²) >= 11 is 0. The normalized spacial score (nSPS) is 19.4. The maximum atomic E-state index is 12.0. The third-order valence-corrected chi connectivity index (χ3v) is 3.12. The molecule has 0 aromatic heterocycles. The lowest BCUT2D eigenvalue weighted by atomic mass is 10.0. The van der Waals surface area contributed by atoms with Gasteiger partial charge in [-0.25, -0.2) is 4.79 Å². The Hall–Kier alpha value is -1.39. The highest BCUT2D eigenvalue weighted by atomic mass is 16.5. The Morgan fingerprint density at radius 3 is 2.56 bits per heavy atom. The molecule has 1 atom stereocenters. The van der Waals surface area contributed by atoms with Gasteiger partial charge >= 0.3 is 5.97 Å². The van der Waals surface area contributed by atoms with Gasteiger partial charge in [-0.05, 0) is 26.2 Å². The van der Waals surface area contributed by atoms with Gasteiger partial charge < -0.3 is 9.64 Å². The summed E-state index contributed by atoms with van der Waals surface area (Å²) in [6, 6.07) is -0.504. The number of ketones is 1. The average molecular weight is 255 g/mol. The second kappa shape index (κ2) is 7.13. The van der Waals surface area contributed by atoms with Crippen molar-refractivity contribution in [1.82, 2.24) is 4.90 Å². The van der Waals surface area contributed by atoms with E-state index in [1.807, 2.05) is 0 Å². The van der Waals surface area contributed by atoms with Gasteiger partial charge in [0, 0.05) is 13.0 Å². The zero-order valence-corrected chi connectivity index (χ0v) is 11.1. The van der Waals surface area contributed by atoms with Gasteiger partial charge in [-0.2, -0.15) is 0 Å². The number of rotatable bonds is 5. The molecule has 0 radical (unpaired) electrons. The van der Waals surface area contributed by atoms with Gasteiger partial charge in [-0.15, -0.1) is 0 Å². The fourth-order valence-electron chi connectivity index (χ4n) is 2.11. The van der Waals surface area contributed by atoms with Gasteiger partial charge in [0.05, 0.1) is 13.0 Å². The smallest absolute Gasteiger partial charge is 0.328 e. The van der Waals surface area contributed by atoms with Gasteiger partial charge in [0.2, 0.25) is 5.91 Å². The van der Waals surface area contributed by atoms with Crippen molar-refractivity contribution in [2.24, 2.45) is 0 Å². The minimum atomic E-state index is -0.504. The lowest BCUT2D eigenvalue weighted by Gasteiger charge is -2.33. The number of piperidine rings is 1. The summed E-state index contributed by atoms with van der Waals surface area (Å²) in [6.07, 6.45) is 2.66. The van der Waals surface area contributed by atoms with Crippen molar-refractivity contribution in [2.75, 3.05) is 13.2 Å². The zero-order chi connectivity index (χ0) is 13.5. The summed E-state index contributed by atoms with van der Waals surface area (Å²) in [5.41, 5.74) is 0. The van der Waals surface area contributed by atoms with Crippen LogP contribution in [0.3, 0.4) is 0 Å². The molecule has 1 unspecified atom stereocenters. The van der Waals surface area contributed by atoms with Gasteiger partial charge in [-0.3, -0.25) is 9.59 Å². The summed E-state index contributed by atoms with van der Waals surface area (Å²) in [5.74, 6) is -0.692. The van der Waals surface area contributed by atoms with Crippen LogP contribution < -0.4 is 0 Å². The number of nitrogens with zero attached hydrogens (tertiary/aromatic N) is 1. The van der Waals surface area contributed by atoms with Crippen LogP contribution in [0.25, 0.3) is 0 Å². The molecule has 1 aliphatic rings. The Balaban J connectivity index is 2.66. The lowest BCUT2D eigenvalue weighted by molar-refractivity contribution is -0.157. The largest absolute Gasteiger partial charge is 0.464 e. The molecule has 1 aliphatic heterocycles. The molecule has 0 spiro atoms. The van der Waals surface area contributed by atoms with Crippen molar-refractivity contribution in [3.8, 4) is 0 Å². The van der Waals surface area contributed by atoms with Crippen LogP contribution in [0, 0.1) is 0 Å². The van der Waals surface area contributed by atoms with Crippen molar-refractivity contribution >= 4 is 17.7 Å². The third-order valence-electron chi connectivity index (χ3n) is 3.12. The highest BCUT2D eigenvalue weighted by Crippen LogP contribution is 2.19. The molecule has 5 heteroatoms. The zero-order valence-electron chi connectivity index (χ0n) is 11.1. The molecule has 1 heterocycles. The van der Waals surface area contributed by atoms with E-state index in [0.29, 0.717) is 26.0 Å². The number of Topliss-reactive ketones (excluding diaryl/α,β-unsaturated/α-hetero) is 1. The lowest BCUT2D eigenvalue weighted by Crippen LogP contribution is -2.49. The van der Waals surface area contributed by atoms with Crippen LogP contribution in [0.2, 0.25) is 0 Å². The first-order valence-corrected chi connectivity index (χ1v) is 6.58. The van der Waals surface area contributed by atoms with E-state index >= 15 is 0 Å². The number of carbonyl (C=O) groups excluding carboxylic acids is 3. The van der Waals surface area contributed by atoms with Gasteiger partial charge in [0.25, 0.3) is 0 Å². The summed E-state index contributed by atoms with van der Waals surface area (Å²) in [7, 11) is 0. The fourth-order valence-corrected chi connectivity index (χ4v) is 2.11. The fraction of sp³-hybridized carbons (Fsp3) is 0.769. The van der Waals surface area contributed by atoms with E-state index in [0.717, 1.165) is 12.8 Å². The third kappa shape index (κ3) is 3.82. The second-order valence-electron chi connectivity index (χ2n) is 4.42. The molecule has 0 aromatic rings. The average Bonchev–Trinajstić information content (AvgIpc) is 2.38. The maximum Gasteiger partial charge on any atom is 0.328 e. The van der Waals surface area contributed by atoms with E-state index in [-0.39, 0.29) is 24.1 Å². The van der Waals surface area contributed by atoms with Crippen LogP contribution in [0.15, 0.2) is 0 Å². The first-order chi connectivity index (χ1) is 8.60. The van der Waals surface area contributed by atoms with Crippen molar-refractivity contribution in [1.29, 1.82) is 0 Å². The van der Waals surface area contributed by atoms with E-state index in [4.69, 9.17) is 4.74 Å². The number of hydrogen-bond donors (Lipinski definition) is 0. The quantitative estimate of drug-likeness (QED) is 0.548. The maximum absolute atomic E-state index is 12.0. The topological polar surface area (TPSA) is 63.7 Å². The Labute approximate surface area is 107 Å². The van der Waals surface area contributed by atoms with Crippen LogP contribution in [0.1, 0.15) is 46.0 Å². The standard InChI is InChI=1S/C13H21NO4/c1-3-10(15)9-12(16)14-8-6-5-7-11(14)13(17)18-4-2/h11H,3-9H2,1-2H3. The van der Waals surface area contributed by atoms with Crippen LogP contribution in [-0.4, -0.2) is 41.8 Å². The Morgan fingerprint density at radius 1 is 1.22 bits per heavy atom. The second-order valence-corrected chi connectivity index (χ2v) is 4.42. The summed E-state index contributed by atoms with van der Waals surface area (Å²) in [6.45, 7) is 4.33. The Kier molecular flexibility index (Phi) is 5.82. The molecular formula is C13H21NO4. The van der Waals surface area contributed by atoms with Crippen LogP contribution in [0.5, 0.6) is 0 Å². The number of amides is 1. The van der Waals surface area contributed by atoms with E-state index in [9.17, 15) is 14.4 Å². The van der Waals surface area contributed by atoms with E-state index in [1.54, 1.807) is 13.8 Å². The predicted molar refractivity (Wildman–Crippen MR) is 65.9 cm³/mol. The highest BCUT2D eigenvalue weighted by Gasteiger charge is 2.33. The monoisotopic (exact) mass is 255 g/mol. The molecule has 1 fully saturated rings. The number of esters is 1. The molecule has 102 valence electrons. The van der Waals surface area contributed by atoms with Gasteiger partial charge in [-0.1, -0.05) is 6.92 Å².